The van der Waals surface area contributed by atoms with Crippen molar-refractivity contribution in [2.75, 3.05) is 39.3 Å². The Morgan fingerprint density at radius 3 is 2.23 bits per heavy atom. The zero-order valence-electron chi connectivity index (χ0n) is 12.9. The average Bonchev–Trinajstić information content (AvgIpc) is 2.56. The highest BCUT2D eigenvalue weighted by Gasteiger charge is 2.27. The van der Waals surface area contributed by atoms with Crippen molar-refractivity contribution in [3.63, 3.8) is 0 Å². The van der Waals surface area contributed by atoms with Crippen LogP contribution in [0.2, 0.25) is 0 Å². The number of nitrogens with zero attached hydrogens (tertiary/aromatic N) is 4. The summed E-state index contributed by atoms with van der Waals surface area (Å²) in [6.07, 6.45) is 0. The van der Waals surface area contributed by atoms with Gasteiger partial charge < -0.3 is 14.7 Å². The number of hydrogen-bond acceptors (Lipinski definition) is 4. The molecule has 120 valence electrons. The van der Waals surface area contributed by atoms with E-state index >= 15 is 0 Å². The summed E-state index contributed by atoms with van der Waals surface area (Å²) >= 11 is 0. The summed E-state index contributed by atoms with van der Waals surface area (Å²) in [7, 11) is 0. The van der Waals surface area contributed by atoms with Crippen molar-refractivity contribution in [1.29, 1.82) is 0 Å². The van der Waals surface area contributed by atoms with E-state index in [0.29, 0.717) is 39.3 Å². The van der Waals surface area contributed by atoms with Crippen LogP contribution in [0.3, 0.4) is 0 Å². The molecule has 2 heterocycles. The zero-order chi connectivity index (χ0) is 16.1. The van der Waals surface area contributed by atoms with E-state index in [2.05, 4.69) is 10.2 Å². The molecule has 0 spiro atoms. The molecule has 1 aliphatic rings. The van der Waals surface area contributed by atoms with Gasteiger partial charge in [-0.3, -0.25) is 9.59 Å². The van der Waals surface area contributed by atoms with Gasteiger partial charge in [-0.15, -0.1) is 0 Å². The number of aromatic nitrogens is 2. The first kappa shape index (κ1) is 16.0. The summed E-state index contributed by atoms with van der Waals surface area (Å²) in [5, 5.41) is 6.00. The molecule has 0 bridgehead atoms. The largest absolute Gasteiger partial charge is 0.334 e. The Kier molecular flexibility index (Phi) is 5.13. The van der Waals surface area contributed by atoms with Crippen LogP contribution in [0.25, 0.3) is 0 Å². The number of H-pyrrole nitrogens is 1. The lowest BCUT2D eigenvalue weighted by Gasteiger charge is -2.37. The van der Waals surface area contributed by atoms with E-state index in [-0.39, 0.29) is 23.2 Å². The van der Waals surface area contributed by atoms with Crippen molar-refractivity contribution in [1.82, 2.24) is 24.9 Å². The number of carbonyl (C=O) groups excluding carboxylic acids is 2. The molecule has 22 heavy (non-hydrogen) atoms. The lowest BCUT2D eigenvalue weighted by Crippen LogP contribution is -2.54. The highest BCUT2D eigenvalue weighted by Crippen LogP contribution is 2.08. The molecule has 0 radical (unpaired) electrons. The van der Waals surface area contributed by atoms with E-state index in [1.165, 1.54) is 12.1 Å². The van der Waals surface area contributed by atoms with E-state index < -0.39 is 0 Å². The minimum atomic E-state index is -0.341. The van der Waals surface area contributed by atoms with Gasteiger partial charge in [0.15, 0.2) is 0 Å². The van der Waals surface area contributed by atoms with Crippen molar-refractivity contribution in [3.05, 3.63) is 28.2 Å². The first-order valence-corrected chi connectivity index (χ1v) is 7.45. The summed E-state index contributed by atoms with van der Waals surface area (Å²) in [5.41, 5.74) is -0.130. The van der Waals surface area contributed by atoms with Crippen molar-refractivity contribution in [2.45, 2.75) is 13.8 Å². The Morgan fingerprint density at radius 2 is 1.73 bits per heavy atom. The maximum atomic E-state index is 12.3. The van der Waals surface area contributed by atoms with Crippen LogP contribution in [-0.4, -0.2) is 76.1 Å². The SMILES string of the molecule is CCN(CC)C(=O)N1CCN(C(=O)c2ccc(=O)[nH]n2)CC1. The summed E-state index contributed by atoms with van der Waals surface area (Å²) in [6.45, 7) is 7.19. The van der Waals surface area contributed by atoms with Crippen LogP contribution in [0.5, 0.6) is 0 Å². The molecule has 1 aromatic heterocycles. The molecular formula is C14H21N5O3. The molecule has 1 fully saturated rings. The summed E-state index contributed by atoms with van der Waals surface area (Å²) < 4.78 is 0. The normalized spacial score (nSPS) is 14.8. The Hall–Kier alpha value is -2.38. The fourth-order valence-electron chi connectivity index (χ4n) is 2.42. The molecular weight excluding hydrogens is 286 g/mol. The molecule has 2 rings (SSSR count). The minimum Gasteiger partial charge on any atom is -0.334 e. The Balaban J connectivity index is 1.94. The third-order valence-corrected chi connectivity index (χ3v) is 3.77. The third-order valence-electron chi connectivity index (χ3n) is 3.77. The maximum absolute atomic E-state index is 12.3. The molecule has 1 N–H and O–H groups in total. The van der Waals surface area contributed by atoms with Crippen molar-refractivity contribution in [2.24, 2.45) is 0 Å². The average molecular weight is 307 g/mol. The quantitative estimate of drug-likeness (QED) is 0.850. The molecule has 1 aromatic rings. The van der Waals surface area contributed by atoms with Gasteiger partial charge in [-0.25, -0.2) is 9.89 Å². The first-order chi connectivity index (χ1) is 10.6. The number of rotatable bonds is 3. The van der Waals surface area contributed by atoms with Gasteiger partial charge in [-0.05, 0) is 19.9 Å². The van der Waals surface area contributed by atoms with Crippen LogP contribution < -0.4 is 5.56 Å². The van der Waals surface area contributed by atoms with Crippen molar-refractivity contribution < 1.29 is 9.59 Å². The van der Waals surface area contributed by atoms with Gasteiger partial charge in [0.25, 0.3) is 11.5 Å². The van der Waals surface area contributed by atoms with E-state index in [1.54, 1.807) is 14.7 Å². The molecule has 1 aliphatic heterocycles. The highest BCUT2D eigenvalue weighted by molar-refractivity contribution is 5.92. The van der Waals surface area contributed by atoms with Gasteiger partial charge in [-0.2, -0.15) is 5.10 Å². The number of nitrogens with one attached hydrogen (secondary N) is 1. The minimum absolute atomic E-state index is 0.0132. The number of aromatic amines is 1. The second kappa shape index (κ2) is 7.06. The van der Waals surface area contributed by atoms with Crippen LogP contribution in [0.4, 0.5) is 4.79 Å². The van der Waals surface area contributed by atoms with Crippen molar-refractivity contribution >= 4 is 11.9 Å². The fraction of sp³-hybridized carbons (Fsp3) is 0.571. The number of urea groups is 1. The molecule has 8 nitrogen and oxygen atoms in total. The number of hydrogen-bond donors (Lipinski definition) is 1. The van der Waals surface area contributed by atoms with Gasteiger partial charge in [-0.1, -0.05) is 0 Å². The molecule has 1 saturated heterocycles. The van der Waals surface area contributed by atoms with Crippen LogP contribution in [-0.2, 0) is 0 Å². The Morgan fingerprint density at radius 1 is 1.14 bits per heavy atom. The molecule has 0 unspecified atom stereocenters. The number of amides is 3. The number of piperazine rings is 1. The van der Waals surface area contributed by atoms with E-state index in [9.17, 15) is 14.4 Å². The summed E-state index contributed by atoms with van der Waals surface area (Å²) in [6, 6.07) is 2.70. The van der Waals surface area contributed by atoms with E-state index in [1.807, 2.05) is 13.8 Å². The van der Waals surface area contributed by atoms with Gasteiger partial charge in [0.2, 0.25) is 0 Å². The smallest absolute Gasteiger partial charge is 0.320 e. The fourth-order valence-corrected chi connectivity index (χ4v) is 2.42. The maximum Gasteiger partial charge on any atom is 0.320 e. The van der Waals surface area contributed by atoms with Gasteiger partial charge >= 0.3 is 6.03 Å². The predicted molar refractivity (Wildman–Crippen MR) is 80.7 cm³/mol. The summed E-state index contributed by atoms with van der Waals surface area (Å²) in [5.74, 6) is -0.230. The second-order valence-corrected chi connectivity index (χ2v) is 5.04. The lowest BCUT2D eigenvalue weighted by atomic mass is 10.2. The lowest BCUT2D eigenvalue weighted by molar-refractivity contribution is 0.0635. The van der Waals surface area contributed by atoms with Gasteiger partial charge in [0, 0.05) is 45.3 Å². The molecule has 3 amide bonds. The highest BCUT2D eigenvalue weighted by atomic mass is 16.2. The van der Waals surface area contributed by atoms with Crippen molar-refractivity contribution in [3.8, 4) is 0 Å². The van der Waals surface area contributed by atoms with E-state index in [0.717, 1.165) is 0 Å². The standard InChI is InChI=1S/C14H21N5O3/c1-3-17(4-2)14(22)19-9-7-18(8-10-19)13(21)11-5-6-12(20)16-15-11/h5-6H,3-4,7-10H2,1-2H3,(H,16,20). The van der Waals surface area contributed by atoms with E-state index in [4.69, 9.17) is 0 Å². The molecule has 0 atom stereocenters. The Bertz CT molecular complexity index is 568. The monoisotopic (exact) mass is 307 g/mol. The van der Waals surface area contributed by atoms with Crippen LogP contribution in [0.1, 0.15) is 24.3 Å². The van der Waals surface area contributed by atoms with Crippen LogP contribution in [0, 0.1) is 0 Å². The second-order valence-electron chi connectivity index (χ2n) is 5.04. The third kappa shape index (κ3) is 3.44. The van der Waals surface area contributed by atoms with Gasteiger partial charge in [0.05, 0.1) is 0 Å². The van der Waals surface area contributed by atoms with Crippen LogP contribution in [0.15, 0.2) is 16.9 Å². The van der Waals surface area contributed by atoms with Crippen LogP contribution >= 0.6 is 0 Å². The summed E-state index contributed by atoms with van der Waals surface area (Å²) in [4.78, 5) is 40.6. The molecule has 8 heteroatoms. The van der Waals surface area contributed by atoms with Gasteiger partial charge in [0.1, 0.15) is 5.69 Å². The topological polar surface area (TPSA) is 89.6 Å². The zero-order valence-corrected chi connectivity index (χ0v) is 12.9. The molecule has 0 aromatic carbocycles. The molecule has 0 saturated carbocycles. The first-order valence-electron chi connectivity index (χ1n) is 7.45. The number of carbonyl (C=O) groups is 2. The molecule has 0 aliphatic carbocycles. The predicted octanol–water partition coefficient (Wildman–Crippen LogP) is -0.0105. The Labute approximate surface area is 128 Å².